The maximum Gasteiger partial charge on any atom is 0.0110 e. The largest absolute Gasteiger partial charge is 0.328 e. The Kier molecular flexibility index (Phi) is 6.07. The SMILES string of the molecule is CC(C)CN1CCN(CCN2CCC(N)CC2)CC1. The lowest BCUT2D eigenvalue weighted by Gasteiger charge is -2.37. The number of likely N-dealkylation sites (tertiary alicyclic amines) is 1. The molecular weight excluding hydrogens is 236 g/mol. The van der Waals surface area contributed by atoms with E-state index in [1.165, 1.54) is 71.7 Å². The van der Waals surface area contributed by atoms with Crippen molar-refractivity contribution >= 4 is 0 Å². The van der Waals surface area contributed by atoms with Gasteiger partial charge in [0.1, 0.15) is 0 Å². The molecule has 0 bridgehead atoms. The second kappa shape index (κ2) is 7.58. The van der Waals surface area contributed by atoms with Crippen molar-refractivity contribution in [2.24, 2.45) is 11.7 Å². The average molecular weight is 268 g/mol. The lowest BCUT2D eigenvalue weighted by atomic mass is 10.1. The Morgan fingerprint density at radius 3 is 1.84 bits per heavy atom. The van der Waals surface area contributed by atoms with Crippen LogP contribution in [0.25, 0.3) is 0 Å². The van der Waals surface area contributed by atoms with E-state index in [1.807, 2.05) is 0 Å². The fraction of sp³-hybridized carbons (Fsp3) is 1.00. The summed E-state index contributed by atoms with van der Waals surface area (Å²) in [5.74, 6) is 0.795. The summed E-state index contributed by atoms with van der Waals surface area (Å²) in [5.41, 5.74) is 5.95. The first-order chi connectivity index (χ1) is 9.13. The van der Waals surface area contributed by atoms with Crippen molar-refractivity contribution < 1.29 is 0 Å². The van der Waals surface area contributed by atoms with E-state index in [1.54, 1.807) is 0 Å². The molecule has 4 heteroatoms. The number of piperidine rings is 1. The number of hydrogen-bond donors (Lipinski definition) is 1. The van der Waals surface area contributed by atoms with Gasteiger partial charge in [-0.05, 0) is 31.8 Å². The van der Waals surface area contributed by atoms with Gasteiger partial charge in [-0.3, -0.25) is 4.90 Å². The fourth-order valence-electron chi connectivity index (χ4n) is 3.17. The van der Waals surface area contributed by atoms with Crippen LogP contribution in [0, 0.1) is 5.92 Å². The van der Waals surface area contributed by atoms with Crippen LogP contribution in [0.4, 0.5) is 0 Å². The number of rotatable bonds is 5. The molecule has 0 amide bonds. The zero-order valence-corrected chi connectivity index (χ0v) is 12.9. The molecule has 2 rings (SSSR count). The Morgan fingerprint density at radius 1 is 0.842 bits per heavy atom. The van der Waals surface area contributed by atoms with Gasteiger partial charge in [0.2, 0.25) is 0 Å². The highest BCUT2D eigenvalue weighted by Gasteiger charge is 2.19. The smallest absolute Gasteiger partial charge is 0.0110 e. The molecule has 2 saturated heterocycles. The van der Waals surface area contributed by atoms with Gasteiger partial charge in [0.05, 0.1) is 0 Å². The lowest BCUT2D eigenvalue weighted by Crippen LogP contribution is -2.50. The number of hydrogen-bond acceptors (Lipinski definition) is 4. The summed E-state index contributed by atoms with van der Waals surface area (Å²) >= 11 is 0. The Hall–Kier alpha value is -0.160. The van der Waals surface area contributed by atoms with E-state index >= 15 is 0 Å². The Bertz CT molecular complexity index is 241. The van der Waals surface area contributed by atoms with Gasteiger partial charge in [0.15, 0.2) is 0 Å². The normalized spacial score (nSPS) is 25.3. The molecule has 112 valence electrons. The summed E-state index contributed by atoms with van der Waals surface area (Å²) in [6, 6.07) is 0.454. The molecule has 2 heterocycles. The Morgan fingerprint density at radius 2 is 1.32 bits per heavy atom. The van der Waals surface area contributed by atoms with Crippen molar-refractivity contribution in [1.29, 1.82) is 0 Å². The molecule has 0 unspecified atom stereocenters. The second-order valence-electron chi connectivity index (χ2n) is 6.72. The average Bonchev–Trinajstić information content (AvgIpc) is 2.39. The quantitative estimate of drug-likeness (QED) is 0.795. The first kappa shape index (κ1) is 15.2. The zero-order valence-electron chi connectivity index (χ0n) is 12.9. The second-order valence-corrected chi connectivity index (χ2v) is 6.72. The van der Waals surface area contributed by atoms with Crippen LogP contribution in [0.3, 0.4) is 0 Å². The number of piperazine rings is 1. The maximum atomic E-state index is 5.95. The molecule has 2 fully saturated rings. The van der Waals surface area contributed by atoms with Crippen LogP contribution in [0.1, 0.15) is 26.7 Å². The van der Waals surface area contributed by atoms with E-state index < -0.39 is 0 Å². The van der Waals surface area contributed by atoms with E-state index in [4.69, 9.17) is 5.73 Å². The lowest BCUT2D eigenvalue weighted by molar-refractivity contribution is 0.105. The monoisotopic (exact) mass is 268 g/mol. The van der Waals surface area contributed by atoms with E-state index in [2.05, 4.69) is 28.5 Å². The standard InChI is InChI=1S/C15H32N4/c1-14(2)13-19-11-9-18(10-12-19)8-7-17-5-3-15(16)4-6-17/h14-15H,3-13,16H2,1-2H3. The van der Waals surface area contributed by atoms with E-state index in [-0.39, 0.29) is 0 Å². The van der Waals surface area contributed by atoms with Gasteiger partial charge < -0.3 is 15.5 Å². The third-order valence-corrected chi connectivity index (χ3v) is 4.45. The minimum Gasteiger partial charge on any atom is -0.328 e. The van der Waals surface area contributed by atoms with Crippen molar-refractivity contribution in [3.8, 4) is 0 Å². The fourth-order valence-corrected chi connectivity index (χ4v) is 3.17. The summed E-state index contributed by atoms with van der Waals surface area (Å²) in [5, 5.41) is 0. The first-order valence-corrected chi connectivity index (χ1v) is 8.06. The first-order valence-electron chi connectivity index (χ1n) is 8.06. The molecule has 2 aliphatic rings. The van der Waals surface area contributed by atoms with Crippen molar-refractivity contribution in [2.75, 3.05) is 58.9 Å². The third-order valence-electron chi connectivity index (χ3n) is 4.45. The summed E-state index contributed by atoms with van der Waals surface area (Å²) in [4.78, 5) is 7.83. The van der Waals surface area contributed by atoms with Crippen LogP contribution in [0.15, 0.2) is 0 Å². The van der Waals surface area contributed by atoms with Crippen LogP contribution in [-0.2, 0) is 0 Å². The summed E-state index contributed by atoms with van der Waals surface area (Å²) in [6.07, 6.45) is 2.37. The Balaban J connectivity index is 1.58. The topological polar surface area (TPSA) is 35.7 Å². The molecule has 0 aromatic carbocycles. The predicted octanol–water partition coefficient (Wildman–Crippen LogP) is 0.683. The van der Waals surface area contributed by atoms with E-state index in [0.29, 0.717) is 6.04 Å². The van der Waals surface area contributed by atoms with Crippen molar-refractivity contribution in [3.63, 3.8) is 0 Å². The van der Waals surface area contributed by atoms with Crippen molar-refractivity contribution in [2.45, 2.75) is 32.7 Å². The minimum atomic E-state index is 0.454. The zero-order chi connectivity index (χ0) is 13.7. The molecule has 19 heavy (non-hydrogen) atoms. The molecular formula is C15H32N4. The molecule has 0 spiro atoms. The van der Waals surface area contributed by atoms with Gasteiger partial charge in [-0.2, -0.15) is 0 Å². The molecule has 0 atom stereocenters. The molecule has 2 aliphatic heterocycles. The minimum absolute atomic E-state index is 0.454. The summed E-state index contributed by atoms with van der Waals surface area (Å²) < 4.78 is 0. The molecule has 4 nitrogen and oxygen atoms in total. The molecule has 2 N–H and O–H groups in total. The highest BCUT2D eigenvalue weighted by Crippen LogP contribution is 2.09. The van der Waals surface area contributed by atoms with E-state index in [0.717, 1.165) is 5.92 Å². The Labute approximate surface area is 118 Å². The van der Waals surface area contributed by atoms with Gasteiger partial charge in [-0.15, -0.1) is 0 Å². The number of nitrogens with zero attached hydrogens (tertiary/aromatic N) is 3. The predicted molar refractivity (Wildman–Crippen MR) is 81.4 cm³/mol. The molecule has 0 aliphatic carbocycles. The van der Waals surface area contributed by atoms with Gasteiger partial charge in [-0.25, -0.2) is 0 Å². The summed E-state index contributed by atoms with van der Waals surface area (Å²) in [7, 11) is 0. The van der Waals surface area contributed by atoms with Crippen molar-refractivity contribution in [3.05, 3.63) is 0 Å². The molecule has 0 aromatic heterocycles. The van der Waals surface area contributed by atoms with E-state index in [9.17, 15) is 0 Å². The van der Waals surface area contributed by atoms with Crippen LogP contribution in [0.2, 0.25) is 0 Å². The maximum absolute atomic E-state index is 5.95. The molecule has 0 saturated carbocycles. The molecule has 0 aromatic rings. The van der Waals surface area contributed by atoms with Crippen molar-refractivity contribution in [1.82, 2.24) is 14.7 Å². The van der Waals surface area contributed by atoms with Gasteiger partial charge in [0, 0.05) is 51.9 Å². The van der Waals surface area contributed by atoms with Crippen LogP contribution in [-0.4, -0.2) is 79.6 Å². The third kappa shape index (κ3) is 5.38. The highest BCUT2D eigenvalue weighted by molar-refractivity contribution is 4.77. The van der Waals surface area contributed by atoms with Gasteiger partial charge in [-0.1, -0.05) is 13.8 Å². The number of nitrogens with two attached hydrogens (primary N) is 1. The molecule has 0 radical (unpaired) electrons. The summed E-state index contributed by atoms with van der Waals surface area (Å²) in [6.45, 7) is 15.8. The van der Waals surface area contributed by atoms with Crippen LogP contribution >= 0.6 is 0 Å². The van der Waals surface area contributed by atoms with Crippen LogP contribution in [0.5, 0.6) is 0 Å². The highest BCUT2D eigenvalue weighted by atomic mass is 15.3. The van der Waals surface area contributed by atoms with Gasteiger partial charge in [0.25, 0.3) is 0 Å². The van der Waals surface area contributed by atoms with Gasteiger partial charge >= 0.3 is 0 Å². The van der Waals surface area contributed by atoms with Crippen LogP contribution < -0.4 is 5.73 Å².